The van der Waals surface area contributed by atoms with Gasteiger partial charge >= 0.3 is 0 Å². The number of azide groups is 1. The van der Waals surface area contributed by atoms with Crippen LogP contribution in [-0.2, 0) is 25.9 Å². The van der Waals surface area contributed by atoms with Gasteiger partial charge in [0.05, 0.1) is 11.4 Å². The molecule has 12 heteroatoms. The van der Waals surface area contributed by atoms with Gasteiger partial charge in [0.25, 0.3) is 0 Å². The average Bonchev–Trinajstić information content (AvgIpc) is 3.32. The number of aliphatic hydroxyl groups is 3. The highest BCUT2D eigenvalue weighted by molar-refractivity contribution is 5.06. The van der Waals surface area contributed by atoms with Gasteiger partial charge in [-0.05, 0) is 18.4 Å². The second-order valence-electron chi connectivity index (χ2n) is 6.50. The lowest BCUT2D eigenvalue weighted by atomic mass is 9.80. The molecule has 0 atom stereocenters. The van der Waals surface area contributed by atoms with E-state index >= 15 is 0 Å². The molecule has 2 aromatic heterocycles. The van der Waals surface area contributed by atoms with Crippen molar-refractivity contribution in [3.05, 3.63) is 34.2 Å². The van der Waals surface area contributed by atoms with Gasteiger partial charge in [0.15, 0.2) is 0 Å². The number of nitrogens with zero attached hydrogens (tertiary/aromatic N) is 9. The molecule has 0 aliphatic heterocycles. The standard InChI is InChI=1S/C15H25N9O3/c16-20-17-11-15(12-27,7-13-9-23(21-18-13)3-1-5-25)8-14-10-24(22-19-14)4-2-6-26/h9-10,25-27H,1-8,11-12H2. The molecule has 0 bridgehead atoms. The largest absolute Gasteiger partial charge is 0.396 e. The first-order chi connectivity index (χ1) is 13.1. The highest BCUT2D eigenvalue weighted by atomic mass is 16.3. The monoisotopic (exact) mass is 379 g/mol. The minimum atomic E-state index is -0.776. The Balaban J connectivity index is 2.14. The third-order valence-corrected chi connectivity index (χ3v) is 4.18. The van der Waals surface area contributed by atoms with Crippen LogP contribution in [0.5, 0.6) is 0 Å². The predicted octanol–water partition coefficient (Wildman–Crippen LogP) is -0.291. The number of rotatable bonds is 13. The zero-order valence-corrected chi connectivity index (χ0v) is 15.1. The van der Waals surface area contributed by atoms with E-state index < -0.39 is 5.41 Å². The molecule has 0 aliphatic carbocycles. The molecule has 0 unspecified atom stereocenters. The Bertz CT molecular complexity index is 690. The van der Waals surface area contributed by atoms with Gasteiger partial charge in [-0.15, -0.1) is 10.2 Å². The summed E-state index contributed by atoms with van der Waals surface area (Å²) >= 11 is 0. The molecule has 0 aromatic carbocycles. The SMILES string of the molecule is [N-]=[N+]=NCC(CO)(Cc1cn(CCCO)nn1)Cc1cn(CCCO)nn1. The second-order valence-corrected chi connectivity index (χ2v) is 6.50. The number of hydrogen-bond acceptors (Lipinski definition) is 8. The molecule has 3 N–H and O–H groups in total. The lowest BCUT2D eigenvalue weighted by molar-refractivity contribution is 0.129. The summed E-state index contributed by atoms with van der Waals surface area (Å²) in [7, 11) is 0. The van der Waals surface area contributed by atoms with Crippen LogP contribution in [0.25, 0.3) is 10.4 Å². The van der Waals surface area contributed by atoms with Crippen LogP contribution in [0.3, 0.4) is 0 Å². The lowest BCUT2D eigenvalue weighted by Crippen LogP contribution is -2.34. The van der Waals surface area contributed by atoms with Gasteiger partial charge in [0.1, 0.15) is 0 Å². The first-order valence-corrected chi connectivity index (χ1v) is 8.76. The highest BCUT2D eigenvalue weighted by Gasteiger charge is 2.32. The Hall–Kier alpha value is -2.53. The summed E-state index contributed by atoms with van der Waals surface area (Å²) in [5.41, 5.74) is 9.26. The quantitative estimate of drug-likeness (QED) is 0.244. The van der Waals surface area contributed by atoms with E-state index in [0.29, 0.717) is 50.2 Å². The van der Waals surface area contributed by atoms with Crippen molar-refractivity contribution >= 4 is 0 Å². The van der Waals surface area contributed by atoms with Crippen molar-refractivity contribution < 1.29 is 15.3 Å². The van der Waals surface area contributed by atoms with Gasteiger partial charge in [-0.3, -0.25) is 9.36 Å². The fourth-order valence-corrected chi connectivity index (χ4v) is 2.81. The molecular formula is C15H25N9O3. The maximum atomic E-state index is 10.1. The van der Waals surface area contributed by atoms with Crippen LogP contribution in [0, 0.1) is 5.41 Å². The number of aliphatic hydroxyl groups excluding tert-OH is 3. The molecular weight excluding hydrogens is 354 g/mol. The lowest BCUT2D eigenvalue weighted by Gasteiger charge is -2.28. The zero-order chi connectivity index (χ0) is 19.5. The van der Waals surface area contributed by atoms with Crippen molar-refractivity contribution in [3.8, 4) is 0 Å². The van der Waals surface area contributed by atoms with E-state index in [1.54, 1.807) is 21.8 Å². The van der Waals surface area contributed by atoms with E-state index in [4.69, 9.17) is 15.7 Å². The molecule has 2 rings (SSSR count). The van der Waals surface area contributed by atoms with E-state index in [1.165, 1.54) is 0 Å². The topological polar surface area (TPSA) is 171 Å². The summed E-state index contributed by atoms with van der Waals surface area (Å²) in [5.74, 6) is 0. The zero-order valence-electron chi connectivity index (χ0n) is 15.1. The van der Waals surface area contributed by atoms with Crippen LogP contribution in [0.2, 0.25) is 0 Å². The van der Waals surface area contributed by atoms with E-state index in [9.17, 15) is 5.11 Å². The van der Waals surface area contributed by atoms with Crippen molar-refractivity contribution in [2.24, 2.45) is 10.5 Å². The molecule has 0 fully saturated rings. The summed E-state index contributed by atoms with van der Waals surface area (Å²) in [4.78, 5) is 2.82. The van der Waals surface area contributed by atoms with Crippen LogP contribution in [0.1, 0.15) is 24.2 Å². The second kappa shape index (κ2) is 10.6. The molecule has 12 nitrogen and oxygen atoms in total. The fourth-order valence-electron chi connectivity index (χ4n) is 2.81. The Kier molecular flexibility index (Phi) is 8.14. The number of aryl methyl sites for hydroxylation is 2. The first kappa shape index (κ1) is 20.8. The molecule has 148 valence electrons. The Morgan fingerprint density at radius 3 is 1.89 bits per heavy atom. The third kappa shape index (κ3) is 6.29. The maximum absolute atomic E-state index is 10.1. The summed E-state index contributed by atoms with van der Waals surface area (Å²) in [5, 5.41) is 47.8. The van der Waals surface area contributed by atoms with Gasteiger partial charge < -0.3 is 15.3 Å². The van der Waals surface area contributed by atoms with Crippen LogP contribution < -0.4 is 0 Å². The number of aromatic nitrogens is 6. The first-order valence-electron chi connectivity index (χ1n) is 8.76. The molecule has 0 spiro atoms. The molecule has 0 saturated heterocycles. The van der Waals surface area contributed by atoms with Gasteiger partial charge in [0, 0.05) is 75.0 Å². The van der Waals surface area contributed by atoms with Crippen molar-refractivity contribution in [1.82, 2.24) is 30.0 Å². The van der Waals surface area contributed by atoms with Crippen molar-refractivity contribution in [3.63, 3.8) is 0 Å². The van der Waals surface area contributed by atoms with Gasteiger partial charge in [-0.2, -0.15) is 0 Å². The molecule has 0 saturated carbocycles. The Morgan fingerprint density at radius 2 is 1.48 bits per heavy atom. The van der Waals surface area contributed by atoms with E-state index in [0.717, 1.165) is 0 Å². The van der Waals surface area contributed by atoms with E-state index in [1.807, 2.05) is 0 Å². The van der Waals surface area contributed by atoms with E-state index in [2.05, 4.69) is 30.7 Å². The van der Waals surface area contributed by atoms with Gasteiger partial charge in [-0.25, -0.2) is 0 Å². The molecule has 2 aromatic rings. The molecule has 27 heavy (non-hydrogen) atoms. The summed E-state index contributed by atoms with van der Waals surface area (Å²) < 4.78 is 3.26. The van der Waals surface area contributed by atoms with Gasteiger partial charge in [0.2, 0.25) is 0 Å². The molecule has 0 aliphatic rings. The number of hydrogen-bond donors (Lipinski definition) is 3. The Labute approximate surface area is 156 Å². The minimum absolute atomic E-state index is 0.0681. The normalized spacial score (nSPS) is 11.5. The average molecular weight is 379 g/mol. The Morgan fingerprint density at radius 1 is 0.963 bits per heavy atom. The summed E-state index contributed by atoms with van der Waals surface area (Å²) in [6.45, 7) is 1.08. The third-order valence-electron chi connectivity index (χ3n) is 4.18. The van der Waals surface area contributed by atoms with E-state index in [-0.39, 0.29) is 26.4 Å². The van der Waals surface area contributed by atoms with Crippen LogP contribution >= 0.6 is 0 Å². The molecule has 0 radical (unpaired) electrons. The maximum Gasteiger partial charge on any atom is 0.0833 e. The summed E-state index contributed by atoms with van der Waals surface area (Å²) in [6.07, 6.45) is 5.37. The predicted molar refractivity (Wildman–Crippen MR) is 94.4 cm³/mol. The van der Waals surface area contributed by atoms with Crippen molar-refractivity contribution in [1.29, 1.82) is 0 Å². The van der Waals surface area contributed by atoms with Crippen LogP contribution in [-0.4, -0.2) is 71.7 Å². The van der Waals surface area contributed by atoms with Crippen molar-refractivity contribution in [2.45, 2.75) is 38.8 Å². The highest BCUT2D eigenvalue weighted by Crippen LogP contribution is 2.27. The van der Waals surface area contributed by atoms with Crippen molar-refractivity contribution in [2.75, 3.05) is 26.4 Å². The minimum Gasteiger partial charge on any atom is -0.396 e. The van der Waals surface area contributed by atoms with Crippen LogP contribution in [0.4, 0.5) is 0 Å². The molecule has 2 heterocycles. The fraction of sp³-hybridized carbons (Fsp3) is 0.733. The van der Waals surface area contributed by atoms with Gasteiger partial charge in [-0.1, -0.05) is 15.5 Å². The molecule has 0 amide bonds. The smallest absolute Gasteiger partial charge is 0.0833 e. The summed E-state index contributed by atoms with van der Waals surface area (Å²) in [6, 6.07) is 0. The van der Waals surface area contributed by atoms with Crippen LogP contribution in [0.15, 0.2) is 17.5 Å².